The number of carbonyl (C=O) groups excluding carboxylic acids is 1. The highest BCUT2D eigenvalue weighted by molar-refractivity contribution is 5.89. The second-order valence-corrected chi connectivity index (χ2v) is 5.73. The molecule has 0 aliphatic rings. The number of amides is 2. The quantitative estimate of drug-likeness (QED) is 0.716. The Morgan fingerprint density at radius 3 is 2.52 bits per heavy atom. The lowest BCUT2D eigenvalue weighted by atomic mass is 10.0. The van der Waals surface area contributed by atoms with Crippen LogP contribution in [0.5, 0.6) is 0 Å². The Hall–Kier alpha value is -2.87. The molecule has 8 nitrogen and oxygen atoms in total. The molecular weight excluding hydrogens is 324 g/mol. The van der Waals surface area contributed by atoms with Crippen LogP contribution < -0.4 is 21.9 Å². The maximum atomic E-state index is 12.3. The number of carbonyl (C=O) groups is 1. The summed E-state index contributed by atoms with van der Waals surface area (Å²) in [6, 6.07) is 8.52. The highest BCUT2D eigenvalue weighted by atomic mass is 16.3. The molecule has 1 unspecified atom stereocenters. The van der Waals surface area contributed by atoms with Gasteiger partial charge in [-0.05, 0) is 18.4 Å². The van der Waals surface area contributed by atoms with E-state index < -0.39 is 17.3 Å². The van der Waals surface area contributed by atoms with Crippen molar-refractivity contribution in [2.24, 2.45) is 14.1 Å². The lowest BCUT2D eigenvalue weighted by Crippen LogP contribution is -2.40. The van der Waals surface area contributed by atoms with Crippen molar-refractivity contribution in [2.75, 3.05) is 11.9 Å². The van der Waals surface area contributed by atoms with Gasteiger partial charge in [0, 0.05) is 26.9 Å². The summed E-state index contributed by atoms with van der Waals surface area (Å²) in [6.45, 7) is 0.0218. The van der Waals surface area contributed by atoms with Crippen LogP contribution in [-0.2, 0) is 14.1 Å². The van der Waals surface area contributed by atoms with Crippen molar-refractivity contribution in [3.05, 3.63) is 62.9 Å². The Kier molecular flexibility index (Phi) is 6.13. The van der Waals surface area contributed by atoms with Gasteiger partial charge in [-0.3, -0.25) is 9.36 Å². The second kappa shape index (κ2) is 8.29. The van der Waals surface area contributed by atoms with E-state index in [2.05, 4.69) is 10.6 Å². The molecule has 0 spiro atoms. The topological polar surface area (TPSA) is 105 Å². The van der Waals surface area contributed by atoms with Crippen molar-refractivity contribution in [3.8, 4) is 0 Å². The molecule has 2 rings (SSSR count). The summed E-state index contributed by atoms with van der Waals surface area (Å²) in [5.74, 6) is 0. The monoisotopic (exact) mass is 346 g/mol. The summed E-state index contributed by atoms with van der Waals surface area (Å²) >= 11 is 0. The van der Waals surface area contributed by atoms with Crippen molar-refractivity contribution in [1.29, 1.82) is 0 Å². The first-order chi connectivity index (χ1) is 11.9. The number of rotatable bonds is 6. The molecular formula is C17H22N4O4. The summed E-state index contributed by atoms with van der Waals surface area (Å²) in [7, 11) is 2.85. The molecule has 0 saturated carbocycles. The van der Waals surface area contributed by atoms with Crippen molar-refractivity contribution >= 4 is 11.7 Å². The lowest BCUT2D eigenvalue weighted by Gasteiger charge is -2.19. The van der Waals surface area contributed by atoms with Crippen LogP contribution in [0.15, 0.2) is 46.1 Å². The van der Waals surface area contributed by atoms with Crippen molar-refractivity contribution in [1.82, 2.24) is 14.5 Å². The molecule has 0 aliphatic carbocycles. The van der Waals surface area contributed by atoms with Crippen LogP contribution in [0.4, 0.5) is 10.5 Å². The number of hydrogen-bond donors (Lipinski definition) is 3. The van der Waals surface area contributed by atoms with Gasteiger partial charge in [-0.15, -0.1) is 0 Å². The summed E-state index contributed by atoms with van der Waals surface area (Å²) in [5, 5.41) is 14.3. The third-order valence-electron chi connectivity index (χ3n) is 3.85. The molecule has 1 heterocycles. The van der Waals surface area contributed by atoms with E-state index in [1.54, 1.807) is 0 Å². The van der Waals surface area contributed by atoms with Crippen molar-refractivity contribution in [2.45, 2.75) is 18.9 Å². The van der Waals surface area contributed by atoms with Gasteiger partial charge in [0.1, 0.15) is 5.69 Å². The van der Waals surface area contributed by atoms with Gasteiger partial charge in [0.2, 0.25) is 0 Å². The molecule has 0 radical (unpaired) electrons. The highest BCUT2D eigenvalue weighted by Gasteiger charge is 2.16. The summed E-state index contributed by atoms with van der Waals surface area (Å²) in [4.78, 5) is 36.1. The van der Waals surface area contributed by atoms with Gasteiger partial charge in [0.25, 0.3) is 5.56 Å². The molecule has 1 atom stereocenters. The van der Waals surface area contributed by atoms with Gasteiger partial charge < -0.3 is 20.3 Å². The lowest BCUT2D eigenvalue weighted by molar-refractivity contribution is 0.243. The van der Waals surface area contributed by atoms with Gasteiger partial charge in [-0.25, -0.2) is 9.59 Å². The number of anilines is 1. The standard InChI is InChI=1S/C17H22N4O4/c1-20-11-14(15(23)21(2)17(20)25)19-16(24)18-13(9-6-10-22)12-7-4-3-5-8-12/h3-5,7-8,11,13,22H,6,9-10H2,1-2H3,(H2,18,19,24). The number of aliphatic hydroxyl groups is 1. The predicted molar refractivity (Wildman–Crippen MR) is 94.6 cm³/mol. The van der Waals surface area contributed by atoms with Crippen LogP contribution in [0.1, 0.15) is 24.4 Å². The third-order valence-corrected chi connectivity index (χ3v) is 3.85. The number of aliphatic hydroxyl groups excluding tert-OH is 1. The third kappa shape index (κ3) is 4.57. The number of nitrogens with zero attached hydrogens (tertiary/aromatic N) is 2. The first-order valence-electron chi connectivity index (χ1n) is 7.94. The first-order valence-corrected chi connectivity index (χ1v) is 7.94. The van der Waals surface area contributed by atoms with Crippen LogP contribution >= 0.6 is 0 Å². The smallest absolute Gasteiger partial charge is 0.330 e. The maximum absolute atomic E-state index is 12.3. The van der Waals surface area contributed by atoms with Gasteiger partial charge in [0.05, 0.1) is 6.04 Å². The average Bonchev–Trinajstić information content (AvgIpc) is 2.62. The Bertz CT molecular complexity index is 842. The van der Waals surface area contributed by atoms with E-state index in [0.717, 1.165) is 10.1 Å². The summed E-state index contributed by atoms with van der Waals surface area (Å²) < 4.78 is 2.15. The molecule has 2 amide bonds. The molecule has 0 saturated heterocycles. The molecule has 0 aliphatic heterocycles. The Morgan fingerprint density at radius 1 is 1.20 bits per heavy atom. The maximum Gasteiger partial charge on any atom is 0.330 e. The fourth-order valence-corrected chi connectivity index (χ4v) is 2.51. The summed E-state index contributed by atoms with van der Waals surface area (Å²) in [5.41, 5.74) is -0.138. The van der Waals surface area contributed by atoms with Crippen LogP contribution in [0.2, 0.25) is 0 Å². The fourth-order valence-electron chi connectivity index (χ4n) is 2.51. The van der Waals surface area contributed by atoms with E-state index in [9.17, 15) is 14.4 Å². The van der Waals surface area contributed by atoms with Crippen LogP contribution in [0.25, 0.3) is 0 Å². The fraction of sp³-hybridized carbons (Fsp3) is 0.353. The molecule has 3 N–H and O–H groups in total. The number of aromatic nitrogens is 2. The molecule has 0 bridgehead atoms. The zero-order valence-corrected chi connectivity index (χ0v) is 14.2. The average molecular weight is 346 g/mol. The number of nitrogens with one attached hydrogen (secondary N) is 2. The normalized spacial score (nSPS) is 11.8. The van der Waals surface area contributed by atoms with Gasteiger partial charge in [-0.1, -0.05) is 30.3 Å². The SMILES string of the molecule is Cn1cc(NC(=O)NC(CCCO)c2ccccc2)c(=O)n(C)c1=O. The largest absolute Gasteiger partial charge is 0.396 e. The number of hydrogen-bond acceptors (Lipinski definition) is 4. The van der Waals surface area contributed by atoms with Gasteiger partial charge >= 0.3 is 11.7 Å². The predicted octanol–water partition coefficient (Wildman–Crippen LogP) is 0.719. The first kappa shape index (κ1) is 18.5. The van der Waals surface area contributed by atoms with E-state index >= 15 is 0 Å². The van der Waals surface area contributed by atoms with E-state index in [1.165, 1.54) is 24.9 Å². The minimum atomic E-state index is -0.579. The van der Waals surface area contributed by atoms with Crippen LogP contribution in [0, 0.1) is 0 Å². The molecule has 1 aromatic heterocycles. The zero-order valence-electron chi connectivity index (χ0n) is 14.2. The molecule has 0 fully saturated rings. The number of benzene rings is 1. The van der Waals surface area contributed by atoms with Crippen molar-refractivity contribution < 1.29 is 9.90 Å². The number of aryl methyl sites for hydroxylation is 1. The van der Waals surface area contributed by atoms with E-state index in [-0.39, 0.29) is 18.3 Å². The van der Waals surface area contributed by atoms with Gasteiger partial charge in [0.15, 0.2) is 0 Å². The molecule has 2 aromatic rings. The Morgan fingerprint density at radius 2 is 1.88 bits per heavy atom. The molecule has 8 heteroatoms. The summed E-state index contributed by atoms with van der Waals surface area (Å²) in [6.07, 6.45) is 2.37. The zero-order chi connectivity index (χ0) is 18.4. The van der Waals surface area contributed by atoms with E-state index in [1.807, 2.05) is 30.3 Å². The van der Waals surface area contributed by atoms with E-state index in [4.69, 9.17) is 5.11 Å². The highest BCUT2D eigenvalue weighted by Crippen LogP contribution is 2.18. The van der Waals surface area contributed by atoms with Crippen molar-refractivity contribution in [3.63, 3.8) is 0 Å². The van der Waals surface area contributed by atoms with Crippen LogP contribution in [0.3, 0.4) is 0 Å². The molecule has 1 aromatic carbocycles. The molecule has 25 heavy (non-hydrogen) atoms. The number of urea groups is 1. The molecule has 134 valence electrons. The van der Waals surface area contributed by atoms with E-state index in [0.29, 0.717) is 12.8 Å². The Balaban J connectivity index is 2.17. The Labute approximate surface area is 144 Å². The van der Waals surface area contributed by atoms with Crippen LogP contribution in [-0.4, -0.2) is 26.9 Å². The minimum Gasteiger partial charge on any atom is -0.396 e. The second-order valence-electron chi connectivity index (χ2n) is 5.73. The minimum absolute atomic E-state index is 0.0102. The van der Waals surface area contributed by atoms with Gasteiger partial charge in [-0.2, -0.15) is 0 Å².